The third-order valence-corrected chi connectivity index (χ3v) is 8.12. The molecule has 0 N–H and O–H groups in total. The Morgan fingerprint density at radius 2 is 0.951 bits per heavy atom. The van der Waals surface area contributed by atoms with Gasteiger partial charge in [-0.3, -0.25) is 9.13 Å². The molecule has 0 amide bonds. The highest BCUT2D eigenvalue weighted by molar-refractivity contribution is 6.11. The van der Waals surface area contributed by atoms with Gasteiger partial charge in [-0.25, -0.2) is 0 Å². The van der Waals surface area contributed by atoms with Gasteiger partial charge in [-0.05, 0) is 12.1 Å². The van der Waals surface area contributed by atoms with Crippen LogP contribution in [0.4, 0.5) is 0 Å². The average Bonchev–Trinajstić information content (AvgIpc) is 3.55. The monoisotopic (exact) mass is 529 g/mol. The molecule has 1 aliphatic rings. The predicted octanol–water partition coefficient (Wildman–Crippen LogP) is 7.76. The molecule has 6 heteroatoms. The van der Waals surface area contributed by atoms with Crippen molar-refractivity contribution in [1.82, 2.24) is 24.1 Å². The zero-order valence-electron chi connectivity index (χ0n) is 22.0. The maximum absolute atomic E-state index is 6.46. The molecule has 5 aromatic carbocycles. The fourth-order valence-corrected chi connectivity index (χ4v) is 6.37. The fraction of sp³-hybridized carbons (Fsp3) is 0.0571. The quantitative estimate of drug-likeness (QED) is 0.218. The first-order chi connectivity index (χ1) is 20.3. The van der Waals surface area contributed by atoms with Crippen molar-refractivity contribution in [3.05, 3.63) is 126 Å². The predicted molar refractivity (Wildman–Crippen MR) is 162 cm³/mol. The summed E-state index contributed by atoms with van der Waals surface area (Å²) in [5, 5.41) is 4.60. The summed E-state index contributed by atoms with van der Waals surface area (Å²) < 4.78 is 10.8. The largest absolute Gasteiger partial charge is 0.372 e. The molecule has 0 saturated carbocycles. The molecule has 2 bridgehead atoms. The smallest absolute Gasteiger partial charge is 0.240 e. The van der Waals surface area contributed by atoms with Crippen LogP contribution in [-0.4, -0.2) is 24.1 Å². The molecule has 0 radical (unpaired) electrons. The molecule has 194 valence electrons. The van der Waals surface area contributed by atoms with E-state index < -0.39 is 0 Å². The van der Waals surface area contributed by atoms with Crippen LogP contribution in [0, 0.1) is 0 Å². The van der Waals surface area contributed by atoms with Gasteiger partial charge in [0.25, 0.3) is 0 Å². The van der Waals surface area contributed by atoms with Gasteiger partial charge in [0, 0.05) is 38.2 Å². The molecular weight excluding hydrogens is 506 g/mol. The summed E-state index contributed by atoms with van der Waals surface area (Å²) in [6.07, 6.45) is 0. The highest BCUT2D eigenvalue weighted by atomic mass is 16.5. The summed E-state index contributed by atoms with van der Waals surface area (Å²) in [4.78, 5) is 15.5. The van der Waals surface area contributed by atoms with E-state index in [2.05, 4.69) is 106 Å². The van der Waals surface area contributed by atoms with E-state index in [-0.39, 0.29) is 0 Å². The van der Waals surface area contributed by atoms with Crippen LogP contribution in [0.2, 0.25) is 0 Å². The van der Waals surface area contributed by atoms with Crippen LogP contribution in [0.3, 0.4) is 0 Å². The van der Waals surface area contributed by atoms with E-state index in [4.69, 9.17) is 19.7 Å². The molecule has 41 heavy (non-hydrogen) atoms. The summed E-state index contributed by atoms with van der Waals surface area (Å²) in [6.45, 7) is 0.932. The SMILES string of the molecule is c1ccc(-c2nc3nc(n2)-n2c4ccccc4c4cccc(c42)COCc2cccc4c5ccccc5n-3c24)cc1. The molecular formula is C35H23N5O. The molecule has 0 spiro atoms. The Hall–Kier alpha value is -5.33. The van der Waals surface area contributed by atoms with Crippen LogP contribution in [0.25, 0.3) is 66.9 Å². The van der Waals surface area contributed by atoms with E-state index in [1.807, 2.05) is 18.2 Å². The average molecular weight is 530 g/mol. The summed E-state index contributed by atoms with van der Waals surface area (Å²) in [7, 11) is 0. The van der Waals surface area contributed by atoms with Crippen LogP contribution in [-0.2, 0) is 18.0 Å². The summed E-state index contributed by atoms with van der Waals surface area (Å²) in [5.41, 5.74) is 7.33. The van der Waals surface area contributed by atoms with Crippen molar-refractivity contribution in [3.63, 3.8) is 0 Å². The molecule has 3 aromatic heterocycles. The van der Waals surface area contributed by atoms with Gasteiger partial charge in [0.15, 0.2) is 5.82 Å². The van der Waals surface area contributed by atoms with Gasteiger partial charge in [-0.1, -0.05) is 103 Å². The molecule has 4 heterocycles. The Balaban J connectivity index is 1.49. The normalized spacial score (nSPS) is 13.1. The van der Waals surface area contributed by atoms with Gasteiger partial charge in [0.2, 0.25) is 11.9 Å². The topological polar surface area (TPSA) is 57.8 Å². The van der Waals surface area contributed by atoms with Crippen LogP contribution in [0.1, 0.15) is 11.1 Å². The zero-order valence-corrected chi connectivity index (χ0v) is 22.0. The number of ether oxygens (including phenoxy) is 1. The van der Waals surface area contributed by atoms with Crippen molar-refractivity contribution in [1.29, 1.82) is 0 Å². The molecule has 6 nitrogen and oxygen atoms in total. The Kier molecular flexibility index (Phi) is 4.71. The number of aromatic nitrogens is 5. The molecule has 1 aliphatic heterocycles. The van der Waals surface area contributed by atoms with E-state index in [1.165, 1.54) is 0 Å². The van der Waals surface area contributed by atoms with E-state index in [0.717, 1.165) is 60.3 Å². The minimum Gasteiger partial charge on any atom is -0.372 e. The van der Waals surface area contributed by atoms with Crippen molar-refractivity contribution < 1.29 is 4.74 Å². The number of fused-ring (bicyclic) bond motifs is 10. The first-order valence-electron chi connectivity index (χ1n) is 13.8. The van der Waals surface area contributed by atoms with Gasteiger partial charge < -0.3 is 4.74 Å². The summed E-state index contributed by atoms with van der Waals surface area (Å²) in [5.74, 6) is 1.79. The van der Waals surface area contributed by atoms with Gasteiger partial charge in [0.1, 0.15) is 0 Å². The fourth-order valence-electron chi connectivity index (χ4n) is 6.37. The van der Waals surface area contributed by atoms with Gasteiger partial charge in [-0.15, -0.1) is 0 Å². The number of benzene rings is 5. The van der Waals surface area contributed by atoms with Crippen molar-refractivity contribution in [2.24, 2.45) is 0 Å². The molecule has 9 rings (SSSR count). The van der Waals surface area contributed by atoms with Crippen LogP contribution >= 0.6 is 0 Å². The summed E-state index contributed by atoms with van der Waals surface area (Å²) in [6, 6.07) is 39.9. The van der Waals surface area contributed by atoms with Crippen molar-refractivity contribution in [2.75, 3.05) is 0 Å². The standard InChI is InChI=1S/C35H23N5O/c1-2-10-22(11-3-1)33-36-34-38-35(37-33)40-30-19-7-5-15-26(30)28-17-9-13-24(32(28)40)21-41-20-23-12-8-16-27-25-14-4-6-18-29(25)39(34)31(23)27/h1-19H,20-21H2. The molecule has 0 atom stereocenters. The van der Waals surface area contributed by atoms with Crippen molar-refractivity contribution in [3.8, 4) is 23.3 Å². The van der Waals surface area contributed by atoms with Crippen LogP contribution in [0.15, 0.2) is 115 Å². The lowest BCUT2D eigenvalue weighted by molar-refractivity contribution is 0.108. The number of rotatable bonds is 1. The number of para-hydroxylation sites is 4. The highest BCUT2D eigenvalue weighted by Gasteiger charge is 2.23. The van der Waals surface area contributed by atoms with E-state index in [9.17, 15) is 0 Å². The lowest BCUT2D eigenvalue weighted by atomic mass is 10.1. The minimum atomic E-state index is 0.466. The van der Waals surface area contributed by atoms with Gasteiger partial charge in [-0.2, -0.15) is 15.0 Å². The second kappa shape index (κ2) is 8.58. The highest BCUT2D eigenvalue weighted by Crippen LogP contribution is 2.37. The Morgan fingerprint density at radius 3 is 1.51 bits per heavy atom. The Labute approximate surface area is 235 Å². The maximum atomic E-state index is 6.46. The third kappa shape index (κ3) is 3.25. The summed E-state index contributed by atoms with van der Waals surface area (Å²) >= 11 is 0. The molecule has 0 unspecified atom stereocenters. The van der Waals surface area contributed by atoms with Crippen molar-refractivity contribution >= 4 is 43.6 Å². The third-order valence-electron chi connectivity index (χ3n) is 8.12. The number of hydrogen-bond acceptors (Lipinski definition) is 4. The maximum Gasteiger partial charge on any atom is 0.240 e. The second-order valence-corrected chi connectivity index (χ2v) is 10.4. The molecule has 0 aliphatic carbocycles. The molecule has 0 fully saturated rings. The number of nitrogens with zero attached hydrogens (tertiary/aromatic N) is 5. The van der Waals surface area contributed by atoms with Crippen LogP contribution in [0.5, 0.6) is 0 Å². The van der Waals surface area contributed by atoms with E-state index in [0.29, 0.717) is 30.9 Å². The van der Waals surface area contributed by atoms with Crippen LogP contribution < -0.4 is 0 Å². The Bertz CT molecular complexity index is 2160. The second-order valence-electron chi connectivity index (χ2n) is 10.4. The molecule has 8 aromatic rings. The number of hydrogen-bond donors (Lipinski definition) is 0. The van der Waals surface area contributed by atoms with Gasteiger partial charge >= 0.3 is 0 Å². The van der Waals surface area contributed by atoms with Gasteiger partial charge in [0.05, 0.1) is 35.3 Å². The zero-order chi connectivity index (χ0) is 26.9. The lowest BCUT2D eigenvalue weighted by Crippen LogP contribution is -2.12. The first kappa shape index (κ1) is 22.5. The van der Waals surface area contributed by atoms with E-state index in [1.54, 1.807) is 0 Å². The van der Waals surface area contributed by atoms with Crippen molar-refractivity contribution in [2.45, 2.75) is 13.2 Å². The lowest BCUT2D eigenvalue weighted by Gasteiger charge is -2.16. The minimum absolute atomic E-state index is 0.466. The first-order valence-corrected chi connectivity index (χ1v) is 13.8. The molecule has 0 saturated heterocycles. The Morgan fingerprint density at radius 1 is 0.463 bits per heavy atom. The van der Waals surface area contributed by atoms with E-state index >= 15 is 0 Å².